The number of allylic oxidation sites excluding steroid dienone is 1. The fourth-order valence-corrected chi connectivity index (χ4v) is 4.06. The Bertz CT molecular complexity index is 1030. The average molecular weight is 447 g/mol. The number of nitrogens with zero attached hydrogens (tertiary/aromatic N) is 2. The zero-order valence-corrected chi connectivity index (χ0v) is 20.2. The van der Waals surface area contributed by atoms with Crippen molar-refractivity contribution in [3.8, 4) is 0 Å². The maximum Gasteiger partial charge on any atom is 0.130 e. The van der Waals surface area contributed by atoms with Gasteiger partial charge >= 0.3 is 0 Å². The van der Waals surface area contributed by atoms with Crippen LogP contribution in [0.25, 0.3) is 5.57 Å². The molecule has 0 bridgehead atoms. The van der Waals surface area contributed by atoms with E-state index in [9.17, 15) is 4.79 Å². The summed E-state index contributed by atoms with van der Waals surface area (Å²) in [6.07, 6.45) is 2.59. The monoisotopic (exact) mass is 446 g/mol. The quantitative estimate of drug-likeness (QED) is 0.386. The molecule has 166 valence electrons. The number of carbonyl (C=O) groups is 1. The van der Waals surface area contributed by atoms with Gasteiger partial charge in [-0.3, -0.25) is 4.79 Å². The maximum atomic E-state index is 12.1. The molecule has 0 aliphatic rings. The molecule has 3 aromatic rings. The van der Waals surface area contributed by atoms with Crippen molar-refractivity contribution in [3.05, 3.63) is 101 Å². The van der Waals surface area contributed by atoms with Gasteiger partial charge in [-0.05, 0) is 59.5 Å². The summed E-state index contributed by atoms with van der Waals surface area (Å²) in [5, 5.41) is 0.681. The molecule has 0 aliphatic heterocycles. The maximum absolute atomic E-state index is 12.1. The minimum Gasteiger partial charge on any atom is -0.378 e. The van der Waals surface area contributed by atoms with E-state index in [2.05, 4.69) is 64.4 Å². The highest BCUT2D eigenvalue weighted by Gasteiger charge is 2.17. The summed E-state index contributed by atoms with van der Waals surface area (Å²) in [5.74, 6) is 0.0229. The summed E-state index contributed by atoms with van der Waals surface area (Å²) in [4.78, 5) is 16.3. The Morgan fingerprint density at radius 1 is 0.812 bits per heavy atom. The molecule has 0 aliphatic carbocycles. The van der Waals surface area contributed by atoms with Gasteiger partial charge < -0.3 is 9.80 Å². The second-order valence-electron chi connectivity index (χ2n) is 8.50. The normalized spacial score (nSPS) is 11.6. The van der Waals surface area contributed by atoms with E-state index >= 15 is 0 Å². The molecule has 0 saturated carbocycles. The highest BCUT2D eigenvalue weighted by atomic mass is 35.5. The molecule has 0 N–H and O–H groups in total. The van der Waals surface area contributed by atoms with Crippen LogP contribution in [0.15, 0.2) is 78.9 Å². The van der Waals surface area contributed by atoms with E-state index in [1.54, 1.807) is 6.92 Å². The Hall–Kier alpha value is -3.04. The van der Waals surface area contributed by atoms with Crippen molar-refractivity contribution in [1.29, 1.82) is 0 Å². The van der Waals surface area contributed by atoms with Crippen molar-refractivity contribution in [1.82, 2.24) is 0 Å². The second kappa shape index (κ2) is 10.5. The van der Waals surface area contributed by atoms with Gasteiger partial charge in [0.25, 0.3) is 0 Å². The summed E-state index contributed by atoms with van der Waals surface area (Å²) in [6, 6.07) is 24.8. The van der Waals surface area contributed by atoms with Crippen LogP contribution in [0.4, 0.5) is 11.4 Å². The van der Waals surface area contributed by atoms with E-state index in [1.807, 2.05) is 52.5 Å². The van der Waals surface area contributed by atoms with Crippen LogP contribution in [0.5, 0.6) is 0 Å². The van der Waals surface area contributed by atoms with E-state index in [0.717, 1.165) is 33.6 Å². The van der Waals surface area contributed by atoms with Gasteiger partial charge in [0.2, 0.25) is 0 Å². The van der Waals surface area contributed by atoms with Gasteiger partial charge in [-0.1, -0.05) is 60.1 Å². The van der Waals surface area contributed by atoms with E-state index in [-0.39, 0.29) is 11.7 Å². The van der Waals surface area contributed by atoms with Gasteiger partial charge in [0, 0.05) is 56.9 Å². The fraction of sp³-hybridized carbons (Fsp3) is 0.250. The number of halogens is 1. The molecular weight excluding hydrogens is 416 g/mol. The Balaban J connectivity index is 2.15. The molecule has 0 fully saturated rings. The molecule has 0 radical (unpaired) electrons. The predicted octanol–water partition coefficient (Wildman–Crippen LogP) is 6.67. The predicted molar refractivity (Wildman–Crippen MR) is 138 cm³/mol. The standard InChI is InChI=1S/C28H31ClN2O/c1-20(32)18-23(26-8-6-7-9-28(26)29)19-27(21-10-14-24(15-11-21)30(2)3)22-12-16-25(17-13-22)31(4)5/h6-17,19,23H,18H2,1-5H3/t23-/m1/s1. The van der Waals surface area contributed by atoms with Crippen molar-refractivity contribution in [2.24, 2.45) is 0 Å². The SMILES string of the molecule is CC(=O)C[C@H](C=C(c1ccc(N(C)C)cc1)c1ccc(N(C)C)cc1)c1ccccc1Cl. The Morgan fingerprint density at radius 2 is 1.28 bits per heavy atom. The number of anilines is 2. The van der Waals surface area contributed by atoms with E-state index in [0.29, 0.717) is 11.4 Å². The van der Waals surface area contributed by atoms with Crippen LogP contribution >= 0.6 is 11.6 Å². The van der Waals surface area contributed by atoms with Crippen molar-refractivity contribution < 1.29 is 4.79 Å². The van der Waals surface area contributed by atoms with Crippen LogP contribution in [-0.2, 0) is 4.79 Å². The summed E-state index contributed by atoms with van der Waals surface area (Å²) in [6.45, 7) is 1.63. The molecule has 0 unspecified atom stereocenters. The van der Waals surface area contributed by atoms with Gasteiger partial charge in [-0.25, -0.2) is 0 Å². The Labute approximate surface area is 196 Å². The fourth-order valence-electron chi connectivity index (χ4n) is 3.78. The largest absolute Gasteiger partial charge is 0.378 e. The average Bonchev–Trinajstić information content (AvgIpc) is 2.77. The molecule has 32 heavy (non-hydrogen) atoms. The number of Topliss-reactive ketones (excluding diaryl/α,β-unsaturated/α-hetero) is 1. The van der Waals surface area contributed by atoms with Crippen LogP contribution in [0.2, 0.25) is 5.02 Å². The molecule has 0 amide bonds. The van der Waals surface area contributed by atoms with Crippen LogP contribution in [0.3, 0.4) is 0 Å². The molecular formula is C28H31ClN2O. The van der Waals surface area contributed by atoms with Crippen molar-refractivity contribution in [2.75, 3.05) is 38.0 Å². The lowest BCUT2D eigenvalue weighted by molar-refractivity contribution is -0.117. The smallest absolute Gasteiger partial charge is 0.130 e. The molecule has 3 nitrogen and oxygen atoms in total. The molecule has 4 heteroatoms. The van der Waals surface area contributed by atoms with E-state index in [4.69, 9.17) is 11.6 Å². The third kappa shape index (κ3) is 5.80. The first-order valence-corrected chi connectivity index (χ1v) is 11.1. The highest BCUT2D eigenvalue weighted by Crippen LogP contribution is 2.34. The number of carbonyl (C=O) groups excluding carboxylic acids is 1. The molecule has 0 saturated heterocycles. The number of hydrogen-bond donors (Lipinski definition) is 0. The van der Waals surface area contributed by atoms with Crippen LogP contribution in [0.1, 0.15) is 36.0 Å². The zero-order valence-electron chi connectivity index (χ0n) is 19.5. The van der Waals surface area contributed by atoms with Crippen molar-refractivity contribution in [3.63, 3.8) is 0 Å². The first kappa shape index (κ1) is 23.6. The van der Waals surface area contributed by atoms with Crippen molar-refractivity contribution >= 4 is 34.3 Å². The number of rotatable bonds is 8. The molecule has 0 spiro atoms. The minimum atomic E-state index is -0.113. The van der Waals surface area contributed by atoms with E-state index in [1.165, 1.54) is 0 Å². The highest BCUT2D eigenvalue weighted by molar-refractivity contribution is 6.31. The summed E-state index contributed by atoms with van der Waals surface area (Å²) in [5.41, 5.74) is 6.55. The lowest BCUT2D eigenvalue weighted by Gasteiger charge is -2.19. The molecule has 0 heterocycles. The lowest BCUT2D eigenvalue weighted by atomic mass is 9.87. The van der Waals surface area contributed by atoms with Gasteiger partial charge in [-0.2, -0.15) is 0 Å². The molecule has 3 aromatic carbocycles. The topological polar surface area (TPSA) is 23.6 Å². The van der Waals surface area contributed by atoms with Crippen LogP contribution in [0, 0.1) is 0 Å². The zero-order chi connectivity index (χ0) is 23.3. The van der Waals surface area contributed by atoms with E-state index < -0.39 is 0 Å². The Kier molecular flexibility index (Phi) is 7.76. The number of ketones is 1. The Morgan fingerprint density at radius 3 is 1.69 bits per heavy atom. The summed E-state index contributed by atoms with van der Waals surface area (Å²) < 4.78 is 0. The lowest BCUT2D eigenvalue weighted by Crippen LogP contribution is -2.09. The van der Waals surface area contributed by atoms with Crippen molar-refractivity contribution in [2.45, 2.75) is 19.3 Å². The van der Waals surface area contributed by atoms with Crippen LogP contribution < -0.4 is 9.80 Å². The summed E-state index contributed by atoms with van der Waals surface area (Å²) in [7, 11) is 8.14. The first-order chi connectivity index (χ1) is 15.3. The minimum absolute atomic E-state index is 0.113. The summed E-state index contributed by atoms with van der Waals surface area (Å²) >= 11 is 6.54. The van der Waals surface area contributed by atoms with Gasteiger partial charge in [-0.15, -0.1) is 0 Å². The second-order valence-corrected chi connectivity index (χ2v) is 8.90. The molecule has 3 rings (SSSR count). The first-order valence-electron chi connectivity index (χ1n) is 10.8. The molecule has 0 aromatic heterocycles. The van der Waals surface area contributed by atoms with Gasteiger partial charge in [0.15, 0.2) is 0 Å². The van der Waals surface area contributed by atoms with Gasteiger partial charge in [0.05, 0.1) is 0 Å². The molecule has 1 atom stereocenters. The van der Waals surface area contributed by atoms with Gasteiger partial charge in [0.1, 0.15) is 5.78 Å². The third-order valence-corrected chi connectivity index (χ3v) is 5.91. The number of benzene rings is 3. The number of hydrogen-bond acceptors (Lipinski definition) is 3. The third-order valence-electron chi connectivity index (χ3n) is 5.57. The van der Waals surface area contributed by atoms with Crippen LogP contribution in [-0.4, -0.2) is 34.0 Å².